The van der Waals surface area contributed by atoms with E-state index in [2.05, 4.69) is 15.1 Å². The summed E-state index contributed by atoms with van der Waals surface area (Å²) in [4.78, 5) is 31.1. The van der Waals surface area contributed by atoms with Gasteiger partial charge in [0.1, 0.15) is 12.4 Å². The average molecular weight is 496 g/mol. The molecule has 3 aromatic rings. The number of carbonyl (C=O) groups excluding carboxylic acids is 2. The first-order chi connectivity index (χ1) is 17.0. The Bertz CT molecular complexity index is 1190. The highest BCUT2D eigenvalue weighted by atomic mass is 35.5. The Kier molecular flexibility index (Phi) is 7.92. The molecule has 7 nitrogen and oxygen atoms in total. The van der Waals surface area contributed by atoms with Gasteiger partial charge in [0.05, 0.1) is 10.7 Å². The Morgan fingerprint density at radius 1 is 1.00 bits per heavy atom. The fraction of sp³-hybridized carbons (Fsp3) is 0.308. The van der Waals surface area contributed by atoms with Gasteiger partial charge in [-0.2, -0.15) is 0 Å². The Balaban J connectivity index is 1.37. The van der Waals surface area contributed by atoms with Crippen molar-refractivity contribution in [1.82, 2.24) is 20.0 Å². The van der Waals surface area contributed by atoms with Crippen molar-refractivity contribution >= 4 is 29.2 Å². The van der Waals surface area contributed by atoms with Gasteiger partial charge < -0.3 is 14.7 Å². The summed E-state index contributed by atoms with van der Waals surface area (Å²) in [5.41, 5.74) is 1.77. The molecule has 1 aliphatic rings. The highest BCUT2D eigenvalue weighted by Crippen LogP contribution is 2.26. The highest BCUT2D eigenvalue weighted by Gasteiger charge is 2.24. The van der Waals surface area contributed by atoms with E-state index >= 15 is 0 Å². The fourth-order valence-corrected chi connectivity index (χ4v) is 4.33. The number of likely N-dealkylation sites (N-methyl/N-ethyl adjacent to an activating group) is 1. The normalized spacial score (nSPS) is 13.9. The van der Waals surface area contributed by atoms with Crippen molar-refractivity contribution in [2.24, 2.45) is 0 Å². The average Bonchev–Trinajstić information content (AvgIpc) is 3.14. The van der Waals surface area contributed by atoms with Crippen LogP contribution in [0.1, 0.15) is 23.7 Å². The van der Waals surface area contributed by atoms with Crippen molar-refractivity contribution in [3.63, 3.8) is 0 Å². The molecular formula is C26H27ClFN5O2. The molecule has 0 bridgehead atoms. The second-order valence-corrected chi connectivity index (χ2v) is 8.71. The number of rotatable bonds is 6. The Morgan fingerprint density at radius 2 is 1.83 bits per heavy atom. The van der Waals surface area contributed by atoms with Gasteiger partial charge in [-0.3, -0.25) is 9.59 Å². The summed E-state index contributed by atoms with van der Waals surface area (Å²) in [5.74, 6) is -0.218. The molecule has 2 aromatic carbocycles. The summed E-state index contributed by atoms with van der Waals surface area (Å²) < 4.78 is 13.5. The molecule has 1 saturated heterocycles. The number of benzene rings is 2. The van der Waals surface area contributed by atoms with Crippen LogP contribution in [-0.2, 0) is 4.79 Å². The van der Waals surface area contributed by atoms with E-state index in [4.69, 9.17) is 11.6 Å². The molecule has 182 valence electrons. The molecule has 0 saturated carbocycles. The first-order valence-electron chi connectivity index (χ1n) is 11.6. The van der Waals surface area contributed by atoms with E-state index in [-0.39, 0.29) is 23.9 Å². The van der Waals surface area contributed by atoms with Gasteiger partial charge >= 0.3 is 0 Å². The molecule has 0 spiro atoms. The van der Waals surface area contributed by atoms with E-state index in [1.807, 2.05) is 36.4 Å². The third-order valence-corrected chi connectivity index (χ3v) is 6.37. The zero-order valence-corrected chi connectivity index (χ0v) is 20.3. The molecule has 0 aliphatic carbocycles. The van der Waals surface area contributed by atoms with Crippen LogP contribution in [0.2, 0.25) is 5.02 Å². The van der Waals surface area contributed by atoms with Crippen LogP contribution in [-0.4, -0.2) is 71.1 Å². The number of anilines is 1. The fourth-order valence-electron chi connectivity index (χ4n) is 4.10. The minimum atomic E-state index is -0.478. The number of hydrogen-bond acceptors (Lipinski definition) is 5. The summed E-state index contributed by atoms with van der Waals surface area (Å²) in [6.07, 6.45) is 0.768. The lowest BCUT2D eigenvalue weighted by atomic mass is 10.1. The lowest BCUT2D eigenvalue weighted by Gasteiger charge is -2.26. The van der Waals surface area contributed by atoms with Crippen LogP contribution in [0.5, 0.6) is 0 Å². The van der Waals surface area contributed by atoms with Gasteiger partial charge in [-0.1, -0.05) is 35.9 Å². The maximum Gasteiger partial charge on any atom is 0.254 e. The minimum absolute atomic E-state index is 0.0435. The van der Waals surface area contributed by atoms with Crippen LogP contribution in [0.3, 0.4) is 0 Å². The van der Waals surface area contributed by atoms with Crippen molar-refractivity contribution in [3.05, 3.63) is 77.1 Å². The van der Waals surface area contributed by atoms with Crippen molar-refractivity contribution in [3.8, 4) is 11.3 Å². The van der Waals surface area contributed by atoms with Gasteiger partial charge in [0.15, 0.2) is 5.82 Å². The number of amides is 2. The summed E-state index contributed by atoms with van der Waals surface area (Å²) in [6.45, 7) is 4.57. The summed E-state index contributed by atoms with van der Waals surface area (Å²) in [7, 11) is 0. The van der Waals surface area contributed by atoms with E-state index < -0.39 is 5.82 Å². The van der Waals surface area contributed by atoms with Crippen molar-refractivity contribution in [2.75, 3.05) is 44.2 Å². The van der Waals surface area contributed by atoms with Crippen LogP contribution in [0, 0.1) is 5.82 Å². The summed E-state index contributed by atoms with van der Waals surface area (Å²) in [6, 6.07) is 16.8. The number of nitrogens with zero attached hydrogens (tertiary/aromatic N) is 5. The lowest BCUT2D eigenvalue weighted by molar-refractivity contribution is -0.131. The largest absolute Gasteiger partial charge is 0.353 e. The van der Waals surface area contributed by atoms with E-state index in [0.717, 1.165) is 24.3 Å². The zero-order valence-electron chi connectivity index (χ0n) is 19.5. The Labute approximate surface area is 209 Å². The van der Waals surface area contributed by atoms with Gasteiger partial charge in [0.25, 0.3) is 5.91 Å². The quantitative estimate of drug-likeness (QED) is 0.514. The molecule has 2 amide bonds. The van der Waals surface area contributed by atoms with Crippen LogP contribution < -0.4 is 4.90 Å². The Morgan fingerprint density at radius 3 is 2.54 bits per heavy atom. The predicted octanol–water partition coefficient (Wildman–Crippen LogP) is 4.14. The van der Waals surface area contributed by atoms with Crippen molar-refractivity contribution < 1.29 is 14.0 Å². The summed E-state index contributed by atoms with van der Waals surface area (Å²) >= 11 is 6.27. The molecule has 0 N–H and O–H groups in total. The van der Waals surface area contributed by atoms with Crippen molar-refractivity contribution in [2.45, 2.75) is 13.3 Å². The van der Waals surface area contributed by atoms with Crippen LogP contribution in [0.4, 0.5) is 10.2 Å². The zero-order chi connectivity index (χ0) is 24.8. The third-order valence-electron chi connectivity index (χ3n) is 6.04. The Hall–Kier alpha value is -3.52. The van der Waals surface area contributed by atoms with E-state index in [1.54, 1.807) is 17.9 Å². The number of aromatic nitrogens is 2. The van der Waals surface area contributed by atoms with Gasteiger partial charge in [0, 0.05) is 43.9 Å². The maximum atomic E-state index is 13.5. The molecule has 0 atom stereocenters. The first-order valence-corrected chi connectivity index (χ1v) is 12.0. The molecule has 0 radical (unpaired) electrons. The maximum absolute atomic E-state index is 13.5. The van der Waals surface area contributed by atoms with Gasteiger partial charge in [-0.05, 0) is 49.7 Å². The molecule has 4 rings (SSSR count). The third kappa shape index (κ3) is 5.95. The number of hydrogen-bond donors (Lipinski definition) is 0. The number of carbonyl (C=O) groups is 2. The first kappa shape index (κ1) is 24.6. The van der Waals surface area contributed by atoms with Crippen LogP contribution >= 0.6 is 11.6 Å². The second-order valence-electron chi connectivity index (χ2n) is 8.31. The predicted molar refractivity (Wildman–Crippen MR) is 134 cm³/mol. The smallest absolute Gasteiger partial charge is 0.254 e. The minimum Gasteiger partial charge on any atom is -0.353 e. The molecule has 0 unspecified atom stereocenters. The van der Waals surface area contributed by atoms with Crippen LogP contribution in [0.15, 0.2) is 60.7 Å². The van der Waals surface area contributed by atoms with Gasteiger partial charge in [-0.25, -0.2) is 4.39 Å². The van der Waals surface area contributed by atoms with E-state index in [0.29, 0.717) is 36.9 Å². The summed E-state index contributed by atoms with van der Waals surface area (Å²) in [5, 5.41) is 9.36. The molecule has 2 heterocycles. The molecule has 35 heavy (non-hydrogen) atoms. The van der Waals surface area contributed by atoms with Gasteiger partial charge in [0.2, 0.25) is 5.91 Å². The highest BCUT2D eigenvalue weighted by molar-refractivity contribution is 6.33. The van der Waals surface area contributed by atoms with E-state index in [9.17, 15) is 14.0 Å². The van der Waals surface area contributed by atoms with E-state index in [1.165, 1.54) is 23.1 Å². The topological polar surface area (TPSA) is 69.6 Å². The van der Waals surface area contributed by atoms with Crippen molar-refractivity contribution in [1.29, 1.82) is 0 Å². The van der Waals surface area contributed by atoms with Crippen LogP contribution in [0.25, 0.3) is 11.3 Å². The standard InChI is InChI=1S/C26H27ClFN5O2/c1-2-31(26(35)19-7-5-8-20(28)17-19)18-25(34)33-14-6-13-32(15-16-33)24-12-11-23(29-30-24)21-9-3-4-10-22(21)27/h3-5,7-12,17H,2,6,13-16,18H2,1H3. The van der Waals surface area contributed by atoms with Gasteiger partial charge in [-0.15, -0.1) is 10.2 Å². The molecule has 1 aromatic heterocycles. The molecular weight excluding hydrogens is 469 g/mol. The monoisotopic (exact) mass is 495 g/mol. The lowest BCUT2D eigenvalue weighted by Crippen LogP contribution is -2.44. The number of halogens is 2. The molecule has 1 fully saturated rings. The SMILES string of the molecule is CCN(CC(=O)N1CCCN(c2ccc(-c3ccccc3Cl)nn2)CC1)C(=O)c1cccc(F)c1. The molecule has 9 heteroatoms. The molecule has 1 aliphatic heterocycles. The second kappa shape index (κ2) is 11.3.